The second kappa shape index (κ2) is 8.50. The number of rotatable bonds is 7. The Hall–Kier alpha value is -2.85. The lowest BCUT2D eigenvalue weighted by Crippen LogP contribution is -2.24. The first kappa shape index (κ1) is 18.0. The van der Waals surface area contributed by atoms with E-state index >= 15 is 0 Å². The van der Waals surface area contributed by atoms with Crippen LogP contribution in [0.2, 0.25) is 0 Å². The number of hydrogen-bond donors (Lipinski definition) is 0. The fraction of sp³-hybridized carbons (Fsp3) is 0.227. The first-order chi connectivity index (χ1) is 12.7. The Balaban J connectivity index is 1.86. The zero-order valence-electron chi connectivity index (χ0n) is 15.3. The third kappa shape index (κ3) is 4.41. The zero-order valence-corrected chi connectivity index (χ0v) is 15.3. The van der Waals surface area contributed by atoms with Gasteiger partial charge < -0.3 is 9.30 Å². The highest BCUT2D eigenvalue weighted by molar-refractivity contribution is 5.90. The molecule has 0 atom stereocenters. The summed E-state index contributed by atoms with van der Waals surface area (Å²) in [5.74, 6) is -0.292. The Bertz CT molecular complexity index is 855. The van der Waals surface area contributed by atoms with Crippen molar-refractivity contribution in [2.75, 3.05) is 7.11 Å². The quantitative estimate of drug-likeness (QED) is 0.605. The molecule has 4 nitrogen and oxygen atoms in total. The highest BCUT2D eigenvalue weighted by Gasteiger charge is 2.15. The molecule has 0 amide bonds. The van der Waals surface area contributed by atoms with Gasteiger partial charge in [0.05, 0.1) is 12.7 Å². The molecule has 0 spiro atoms. The lowest BCUT2D eigenvalue weighted by atomic mass is 10.1. The molecular formula is C22H24N2O2. The minimum Gasteiger partial charge on any atom is -0.465 e. The van der Waals surface area contributed by atoms with Gasteiger partial charge in [0.2, 0.25) is 0 Å². The van der Waals surface area contributed by atoms with Crippen molar-refractivity contribution in [1.29, 1.82) is 0 Å². The van der Waals surface area contributed by atoms with Crippen LogP contribution in [-0.2, 0) is 31.4 Å². The molecule has 0 fully saturated rings. The number of aryl methyl sites for hydroxylation is 1. The van der Waals surface area contributed by atoms with Gasteiger partial charge in [-0.1, -0.05) is 48.5 Å². The predicted molar refractivity (Wildman–Crippen MR) is 103 cm³/mol. The van der Waals surface area contributed by atoms with Crippen LogP contribution in [-0.4, -0.2) is 22.5 Å². The number of methoxy groups -OCH3 is 1. The number of carbonyl (C=O) groups excluding carboxylic acids is 1. The van der Waals surface area contributed by atoms with E-state index in [1.807, 2.05) is 30.3 Å². The standard InChI is InChI=1S/C22H24N2O2/c1-23-14-8-12-20(23)17-24(15-18-9-4-3-5-10-18)16-19-11-6-7-13-21(19)22(25)26-2/h3-14H,15-17H2,1-2H3. The summed E-state index contributed by atoms with van der Waals surface area (Å²) < 4.78 is 7.07. The van der Waals surface area contributed by atoms with Gasteiger partial charge in [0, 0.05) is 38.6 Å². The van der Waals surface area contributed by atoms with Crippen molar-refractivity contribution in [3.05, 3.63) is 95.3 Å². The number of ether oxygens (including phenoxy) is 1. The molecule has 26 heavy (non-hydrogen) atoms. The Morgan fingerprint density at radius 1 is 0.923 bits per heavy atom. The van der Waals surface area contributed by atoms with Crippen LogP contribution >= 0.6 is 0 Å². The maximum atomic E-state index is 12.1. The third-order valence-corrected chi connectivity index (χ3v) is 4.50. The van der Waals surface area contributed by atoms with Gasteiger partial charge in [-0.05, 0) is 29.3 Å². The molecule has 0 aliphatic heterocycles. The number of hydrogen-bond acceptors (Lipinski definition) is 3. The van der Waals surface area contributed by atoms with Crippen LogP contribution in [0.15, 0.2) is 72.9 Å². The van der Waals surface area contributed by atoms with E-state index in [1.165, 1.54) is 18.4 Å². The van der Waals surface area contributed by atoms with Crippen LogP contribution in [0.4, 0.5) is 0 Å². The fourth-order valence-corrected chi connectivity index (χ4v) is 3.11. The monoisotopic (exact) mass is 348 g/mol. The Morgan fingerprint density at radius 3 is 2.35 bits per heavy atom. The Morgan fingerprint density at radius 2 is 1.65 bits per heavy atom. The van der Waals surface area contributed by atoms with Gasteiger partial charge in [0.15, 0.2) is 0 Å². The first-order valence-electron chi connectivity index (χ1n) is 8.70. The minimum atomic E-state index is -0.292. The van der Waals surface area contributed by atoms with E-state index in [-0.39, 0.29) is 5.97 Å². The molecule has 0 radical (unpaired) electrons. The van der Waals surface area contributed by atoms with Crippen LogP contribution in [0.25, 0.3) is 0 Å². The largest absolute Gasteiger partial charge is 0.465 e. The number of nitrogens with zero attached hydrogens (tertiary/aromatic N) is 2. The lowest BCUT2D eigenvalue weighted by Gasteiger charge is -2.24. The average Bonchev–Trinajstić information content (AvgIpc) is 3.07. The number of benzene rings is 2. The molecule has 0 bridgehead atoms. The van der Waals surface area contributed by atoms with Crippen LogP contribution < -0.4 is 0 Å². The van der Waals surface area contributed by atoms with E-state index in [4.69, 9.17) is 4.74 Å². The summed E-state index contributed by atoms with van der Waals surface area (Å²) >= 11 is 0. The smallest absolute Gasteiger partial charge is 0.338 e. The van der Waals surface area contributed by atoms with Crippen molar-refractivity contribution in [1.82, 2.24) is 9.47 Å². The van der Waals surface area contributed by atoms with Crippen molar-refractivity contribution < 1.29 is 9.53 Å². The highest BCUT2D eigenvalue weighted by atomic mass is 16.5. The Kier molecular flexibility index (Phi) is 5.87. The highest BCUT2D eigenvalue weighted by Crippen LogP contribution is 2.17. The summed E-state index contributed by atoms with van der Waals surface area (Å²) in [5, 5.41) is 0. The van der Waals surface area contributed by atoms with Gasteiger partial charge in [-0.15, -0.1) is 0 Å². The van der Waals surface area contributed by atoms with Gasteiger partial charge in [-0.2, -0.15) is 0 Å². The van der Waals surface area contributed by atoms with Crippen molar-refractivity contribution >= 4 is 5.97 Å². The van der Waals surface area contributed by atoms with E-state index in [1.54, 1.807) is 0 Å². The molecule has 2 aromatic carbocycles. The maximum Gasteiger partial charge on any atom is 0.338 e. The third-order valence-electron chi connectivity index (χ3n) is 4.50. The van der Waals surface area contributed by atoms with Crippen molar-refractivity contribution in [3.8, 4) is 0 Å². The normalized spacial score (nSPS) is 10.9. The van der Waals surface area contributed by atoms with Gasteiger partial charge in [0.1, 0.15) is 0 Å². The summed E-state index contributed by atoms with van der Waals surface area (Å²) in [6.07, 6.45) is 2.05. The predicted octanol–water partition coefficient (Wildman–Crippen LogP) is 4.01. The summed E-state index contributed by atoms with van der Waals surface area (Å²) in [6, 6.07) is 22.2. The van der Waals surface area contributed by atoms with E-state index in [0.29, 0.717) is 12.1 Å². The molecule has 0 saturated carbocycles. The van der Waals surface area contributed by atoms with Crippen molar-refractivity contribution in [3.63, 3.8) is 0 Å². The molecule has 3 aromatic rings. The van der Waals surface area contributed by atoms with Gasteiger partial charge in [-0.25, -0.2) is 4.79 Å². The van der Waals surface area contributed by atoms with Gasteiger partial charge >= 0.3 is 5.97 Å². The summed E-state index contributed by atoms with van der Waals surface area (Å²) in [5.41, 5.74) is 4.08. The van der Waals surface area contributed by atoms with Gasteiger partial charge in [-0.3, -0.25) is 4.90 Å². The average molecular weight is 348 g/mol. The molecule has 3 rings (SSSR count). The molecular weight excluding hydrogens is 324 g/mol. The van der Waals surface area contributed by atoms with Crippen LogP contribution in [0.1, 0.15) is 27.2 Å². The van der Waals surface area contributed by atoms with Gasteiger partial charge in [0.25, 0.3) is 0 Å². The Labute approximate surface area is 154 Å². The maximum absolute atomic E-state index is 12.1. The summed E-state index contributed by atoms with van der Waals surface area (Å²) in [4.78, 5) is 14.4. The summed E-state index contributed by atoms with van der Waals surface area (Å²) in [7, 11) is 3.48. The minimum absolute atomic E-state index is 0.292. The van der Waals surface area contributed by atoms with E-state index < -0.39 is 0 Å². The number of carbonyl (C=O) groups is 1. The molecule has 1 heterocycles. The fourth-order valence-electron chi connectivity index (χ4n) is 3.11. The molecule has 1 aromatic heterocycles. The van der Waals surface area contributed by atoms with Crippen molar-refractivity contribution in [2.45, 2.75) is 19.6 Å². The second-order valence-corrected chi connectivity index (χ2v) is 6.39. The van der Waals surface area contributed by atoms with E-state index in [0.717, 1.165) is 18.7 Å². The van der Waals surface area contributed by atoms with Crippen molar-refractivity contribution in [2.24, 2.45) is 7.05 Å². The molecule has 0 aliphatic carbocycles. The summed E-state index contributed by atoms with van der Waals surface area (Å²) in [6.45, 7) is 2.28. The van der Waals surface area contributed by atoms with E-state index in [2.05, 4.69) is 59.1 Å². The second-order valence-electron chi connectivity index (χ2n) is 6.39. The molecule has 0 saturated heterocycles. The SMILES string of the molecule is COC(=O)c1ccccc1CN(Cc1ccccc1)Cc1cccn1C. The van der Waals surface area contributed by atoms with E-state index in [9.17, 15) is 4.79 Å². The molecule has 4 heteroatoms. The zero-order chi connectivity index (χ0) is 18.4. The van der Waals surface area contributed by atoms with Crippen LogP contribution in [0.5, 0.6) is 0 Å². The lowest BCUT2D eigenvalue weighted by molar-refractivity contribution is 0.0598. The molecule has 0 unspecified atom stereocenters. The number of aromatic nitrogens is 1. The van der Waals surface area contributed by atoms with Crippen LogP contribution in [0, 0.1) is 0 Å². The molecule has 0 N–H and O–H groups in total. The molecule has 134 valence electrons. The van der Waals surface area contributed by atoms with Crippen LogP contribution in [0.3, 0.4) is 0 Å². The number of esters is 1. The topological polar surface area (TPSA) is 34.5 Å². The molecule has 0 aliphatic rings. The first-order valence-corrected chi connectivity index (χ1v) is 8.70.